The van der Waals surface area contributed by atoms with E-state index in [-0.39, 0.29) is 5.91 Å². The molecule has 0 saturated carbocycles. The van der Waals surface area contributed by atoms with E-state index in [2.05, 4.69) is 5.32 Å². The summed E-state index contributed by atoms with van der Waals surface area (Å²) >= 11 is 11.7. The summed E-state index contributed by atoms with van der Waals surface area (Å²) in [4.78, 5) is 11.8. The molecule has 2 aromatic rings. The highest BCUT2D eigenvalue weighted by Gasteiger charge is 2.06. The lowest BCUT2D eigenvalue weighted by atomic mass is 10.1. The number of rotatable bonds is 3. The van der Waals surface area contributed by atoms with Crippen molar-refractivity contribution in [1.29, 1.82) is 0 Å². The molecule has 2 nitrogen and oxygen atoms in total. The Kier molecular flexibility index (Phi) is 4.24. The third-order valence-corrected chi connectivity index (χ3v) is 3.01. The maximum absolute atomic E-state index is 11.8. The van der Waals surface area contributed by atoms with Crippen LogP contribution in [0.15, 0.2) is 48.5 Å². The fourth-order valence-electron chi connectivity index (χ4n) is 1.54. The predicted octanol–water partition coefficient (Wildman–Crippen LogP) is 4.17. The van der Waals surface area contributed by atoms with Crippen LogP contribution in [0.3, 0.4) is 0 Å². The molecule has 18 heavy (non-hydrogen) atoms. The van der Waals surface area contributed by atoms with Gasteiger partial charge in [-0.1, -0.05) is 47.5 Å². The average molecular weight is 280 g/mol. The number of carbonyl (C=O) groups excluding carboxylic acids is 1. The maximum atomic E-state index is 11.8. The topological polar surface area (TPSA) is 29.1 Å². The Morgan fingerprint density at radius 2 is 1.67 bits per heavy atom. The summed E-state index contributed by atoms with van der Waals surface area (Å²) in [6.07, 6.45) is 0.294. The summed E-state index contributed by atoms with van der Waals surface area (Å²) in [5.41, 5.74) is 1.53. The van der Waals surface area contributed by atoms with Crippen molar-refractivity contribution in [1.82, 2.24) is 0 Å². The molecule has 0 aliphatic heterocycles. The van der Waals surface area contributed by atoms with Gasteiger partial charge in [0.25, 0.3) is 0 Å². The smallest absolute Gasteiger partial charge is 0.228 e. The fourth-order valence-corrected chi connectivity index (χ4v) is 1.85. The quantitative estimate of drug-likeness (QED) is 0.898. The second-order valence-corrected chi connectivity index (χ2v) is 4.67. The number of benzene rings is 2. The summed E-state index contributed by atoms with van der Waals surface area (Å²) in [5.74, 6) is -0.106. The largest absolute Gasteiger partial charge is 0.324 e. The fraction of sp³-hybridized carbons (Fsp3) is 0.0714. The predicted molar refractivity (Wildman–Crippen MR) is 75.2 cm³/mol. The molecule has 0 bridgehead atoms. The first-order chi connectivity index (χ1) is 8.65. The van der Waals surface area contributed by atoms with Gasteiger partial charge in [0.05, 0.1) is 17.1 Å². The van der Waals surface area contributed by atoms with E-state index in [9.17, 15) is 4.79 Å². The van der Waals surface area contributed by atoms with Crippen LogP contribution in [0.1, 0.15) is 5.56 Å². The van der Waals surface area contributed by atoms with Crippen molar-refractivity contribution in [2.75, 3.05) is 5.32 Å². The van der Waals surface area contributed by atoms with Crippen molar-refractivity contribution in [2.24, 2.45) is 0 Å². The first-order valence-corrected chi connectivity index (χ1v) is 6.19. The molecule has 1 N–H and O–H groups in total. The van der Waals surface area contributed by atoms with Crippen molar-refractivity contribution < 1.29 is 4.79 Å². The Labute approximate surface area is 116 Å². The van der Waals surface area contributed by atoms with Gasteiger partial charge in [-0.05, 0) is 29.8 Å². The first kappa shape index (κ1) is 12.9. The minimum atomic E-state index is -0.106. The van der Waals surface area contributed by atoms with Crippen LogP contribution in [-0.2, 0) is 11.2 Å². The number of carbonyl (C=O) groups is 1. The molecule has 0 aliphatic carbocycles. The molecule has 2 rings (SSSR count). The van der Waals surface area contributed by atoms with E-state index in [1.807, 2.05) is 24.3 Å². The molecule has 2 aromatic carbocycles. The molecular formula is C14H11Cl2NO. The molecule has 0 heterocycles. The summed E-state index contributed by atoms with van der Waals surface area (Å²) in [5, 5.41) is 3.96. The number of hydrogen-bond donors (Lipinski definition) is 1. The van der Waals surface area contributed by atoms with Crippen molar-refractivity contribution in [3.63, 3.8) is 0 Å². The Hall–Kier alpha value is -1.51. The van der Waals surface area contributed by atoms with E-state index in [4.69, 9.17) is 23.2 Å². The molecular weight excluding hydrogens is 269 g/mol. The molecule has 92 valence electrons. The average Bonchev–Trinajstić information content (AvgIpc) is 2.35. The number of hydrogen-bond acceptors (Lipinski definition) is 1. The second kappa shape index (κ2) is 5.89. The molecule has 0 radical (unpaired) electrons. The van der Waals surface area contributed by atoms with Gasteiger partial charge < -0.3 is 5.32 Å². The molecule has 4 heteroatoms. The van der Waals surface area contributed by atoms with Crippen LogP contribution in [0.4, 0.5) is 5.69 Å². The van der Waals surface area contributed by atoms with Gasteiger partial charge in [-0.25, -0.2) is 0 Å². The van der Waals surface area contributed by atoms with Gasteiger partial charge in [-0.3, -0.25) is 4.79 Å². The van der Waals surface area contributed by atoms with E-state index < -0.39 is 0 Å². The van der Waals surface area contributed by atoms with Gasteiger partial charge in [-0.2, -0.15) is 0 Å². The van der Waals surface area contributed by atoms with Crippen molar-refractivity contribution >= 4 is 34.8 Å². The van der Waals surface area contributed by atoms with Gasteiger partial charge in [0, 0.05) is 5.02 Å². The molecule has 0 unspecified atom stereocenters. The van der Waals surface area contributed by atoms with Crippen molar-refractivity contribution in [2.45, 2.75) is 6.42 Å². The van der Waals surface area contributed by atoms with Crippen molar-refractivity contribution in [3.05, 3.63) is 64.1 Å². The van der Waals surface area contributed by atoms with Crippen LogP contribution in [0, 0.1) is 0 Å². The standard InChI is InChI=1S/C14H11Cl2NO/c15-11-7-5-10(6-8-11)9-14(18)17-13-4-2-1-3-12(13)16/h1-8H,9H2,(H,17,18). The second-order valence-electron chi connectivity index (χ2n) is 3.83. The van der Waals surface area contributed by atoms with Crippen LogP contribution in [-0.4, -0.2) is 5.91 Å². The first-order valence-electron chi connectivity index (χ1n) is 5.44. The van der Waals surface area contributed by atoms with E-state index in [1.165, 1.54) is 0 Å². The van der Waals surface area contributed by atoms with Crippen LogP contribution in [0.2, 0.25) is 10.0 Å². The molecule has 0 atom stereocenters. The number of nitrogens with one attached hydrogen (secondary N) is 1. The van der Waals surface area contributed by atoms with Gasteiger partial charge in [0.1, 0.15) is 0 Å². The van der Waals surface area contributed by atoms with E-state index in [0.717, 1.165) is 5.56 Å². The van der Waals surface area contributed by atoms with Crippen LogP contribution in [0.5, 0.6) is 0 Å². The van der Waals surface area contributed by atoms with Crippen LogP contribution < -0.4 is 5.32 Å². The number of para-hydroxylation sites is 1. The number of anilines is 1. The van der Waals surface area contributed by atoms with Gasteiger partial charge in [0.15, 0.2) is 0 Å². The molecule has 0 aliphatic rings. The zero-order valence-corrected chi connectivity index (χ0v) is 11.0. The molecule has 0 fully saturated rings. The molecule has 0 spiro atoms. The minimum Gasteiger partial charge on any atom is -0.324 e. The number of halogens is 2. The highest BCUT2D eigenvalue weighted by molar-refractivity contribution is 6.33. The minimum absolute atomic E-state index is 0.106. The van der Waals surface area contributed by atoms with E-state index in [1.54, 1.807) is 24.3 Å². The van der Waals surface area contributed by atoms with Gasteiger partial charge in [0.2, 0.25) is 5.91 Å². The van der Waals surface area contributed by atoms with Crippen molar-refractivity contribution in [3.8, 4) is 0 Å². The molecule has 1 amide bonds. The lowest BCUT2D eigenvalue weighted by molar-refractivity contribution is -0.115. The van der Waals surface area contributed by atoms with Gasteiger partial charge >= 0.3 is 0 Å². The lowest BCUT2D eigenvalue weighted by Gasteiger charge is -2.07. The summed E-state index contributed by atoms with van der Waals surface area (Å²) in [7, 11) is 0. The van der Waals surface area contributed by atoms with E-state index in [0.29, 0.717) is 22.2 Å². The molecule has 0 aromatic heterocycles. The highest BCUT2D eigenvalue weighted by atomic mass is 35.5. The SMILES string of the molecule is O=C(Cc1ccc(Cl)cc1)Nc1ccccc1Cl. The summed E-state index contributed by atoms with van der Waals surface area (Å²) < 4.78 is 0. The zero-order chi connectivity index (χ0) is 13.0. The number of amides is 1. The summed E-state index contributed by atoms with van der Waals surface area (Å²) in [6, 6.07) is 14.3. The molecule has 0 saturated heterocycles. The lowest BCUT2D eigenvalue weighted by Crippen LogP contribution is -2.14. The Balaban J connectivity index is 2.01. The Bertz CT molecular complexity index is 552. The third kappa shape index (κ3) is 3.49. The maximum Gasteiger partial charge on any atom is 0.228 e. The Morgan fingerprint density at radius 1 is 1.00 bits per heavy atom. The highest BCUT2D eigenvalue weighted by Crippen LogP contribution is 2.20. The van der Waals surface area contributed by atoms with Crippen LogP contribution in [0.25, 0.3) is 0 Å². The zero-order valence-electron chi connectivity index (χ0n) is 9.49. The summed E-state index contributed by atoms with van der Waals surface area (Å²) in [6.45, 7) is 0. The third-order valence-electron chi connectivity index (χ3n) is 2.43. The Morgan fingerprint density at radius 3 is 2.33 bits per heavy atom. The monoisotopic (exact) mass is 279 g/mol. The van der Waals surface area contributed by atoms with Gasteiger partial charge in [-0.15, -0.1) is 0 Å². The normalized spacial score (nSPS) is 10.1. The van der Waals surface area contributed by atoms with Crippen LogP contribution >= 0.6 is 23.2 Å². The van der Waals surface area contributed by atoms with E-state index >= 15 is 0 Å².